The Morgan fingerprint density at radius 2 is 1.55 bits per heavy atom. The molecule has 0 fully saturated rings. The van der Waals surface area contributed by atoms with Crippen molar-refractivity contribution in [3.8, 4) is 11.8 Å². The standard InChI is InChI=1S/C15H9F4NO.CH4/c1-9-2-4-11(5-3-9)21-15(18,19)10-6-13(16)12(8-20)14(17)7-10;/h2-7H,1H3;1H4. The van der Waals surface area contributed by atoms with Crippen LogP contribution < -0.4 is 4.74 Å². The van der Waals surface area contributed by atoms with Crippen LogP contribution in [0.1, 0.15) is 24.1 Å². The summed E-state index contributed by atoms with van der Waals surface area (Å²) in [5.74, 6) is -2.87. The molecular weight excluding hydrogens is 298 g/mol. The normalized spacial score (nSPS) is 10.5. The fourth-order valence-corrected chi connectivity index (χ4v) is 1.66. The molecule has 0 amide bonds. The average Bonchev–Trinajstić information content (AvgIpc) is 2.41. The van der Waals surface area contributed by atoms with Gasteiger partial charge in [-0.1, -0.05) is 25.1 Å². The second kappa shape index (κ2) is 6.48. The van der Waals surface area contributed by atoms with Gasteiger partial charge in [-0.2, -0.15) is 14.0 Å². The zero-order valence-corrected chi connectivity index (χ0v) is 10.8. The lowest BCUT2D eigenvalue weighted by atomic mass is 10.1. The number of benzene rings is 2. The molecule has 0 unspecified atom stereocenters. The van der Waals surface area contributed by atoms with E-state index < -0.39 is 28.9 Å². The molecule has 0 bridgehead atoms. The van der Waals surface area contributed by atoms with E-state index in [-0.39, 0.29) is 13.2 Å². The monoisotopic (exact) mass is 311 g/mol. The number of nitriles is 1. The summed E-state index contributed by atoms with van der Waals surface area (Å²) in [6.45, 7) is 1.77. The third-order valence-corrected chi connectivity index (χ3v) is 2.76. The fraction of sp³-hybridized carbons (Fsp3) is 0.188. The quantitative estimate of drug-likeness (QED) is 0.755. The third-order valence-electron chi connectivity index (χ3n) is 2.76. The maximum atomic E-state index is 13.9. The van der Waals surface area contributed by atoms with Gasteiger partial charge in [0, 0.05) is 0 Å². The number of nitrogens with zero attached hydrogens (tertiary/aromatic N) is 1. The van der Waals surface area contributed by atoms with Crippen LogP contribution in [0.15, 0.2) is 36.4 Å². The first kappa shape index (κ1) is 17.5. The molecule has 2 nitrogen and oxygen atoms in total. The van der Waals surface area contributed by atoms with Crippen LogP contribution in [0.25, 0.3) is 0 Å². The summed E-state index contributed by atoms with van der Waals surface area (Å²) in [6.07, 6.45) is -3.93. The summed E-state index contributed by atoms with van der Waals surface area (Å²) < 4.78 is 59.0. The van der Waals surface area contributed by atoms with Crippen LogP contribution in [0, 0.1) is 29.9 Å². The second-order valence-electron chi connectivity index (χ2n) is 4.36. The Balaban J connectivity index is 0.00000242. The first-order chi connectivity index (χ1) is 9.83. The molecule has 6 heteroatoms. The minimum Gasteiger partial charge on any atom is -0.429 e. The summed E-state index contributed by atoms with van der Waals surface area (Å²) in [6, 6.07) is 7.79. The summed E-state index contributed by atoms with van der Waals surface area (Å²) in [4.78, 5) is 0. The van der Waals surface area contributed by atoms with Crippen LogP contribution >= 0.6 is 0 Å². The van der Waals surface area contributed by atoms with Crippen molar-refractivity contribution in [3.63, 3.8) is 0 Å². The van der Waals surface area contributed by atoms with Crippen molar-refractivity contribution in [3.05, 3.63) is 64.7 Å². The molecule has 0 radical (unpaired) electrons. The van der Waals surface area contributed by atoms with E-state index in [9.17, 15) is 17.6 Å². The molecule has 2 aromatic rings. The van der Waals surface area contributed by atoms with Crippen LogP contribution in [0.2, 0.25) is 0 Å². The lowest BCUT2D eigenvalue weighted by molar-refractivity contribution is -0.185. The highest BCUT2D eigenvalue weighted by Gasteiger charge is 2.36. The maximum Gasteiger partial charge on any atom is 0.426 e. The third kappa shape index (κ3) is 3.55. The number of ether oxygens (including phenoxy) is 1. The average molecular weight is 311 g/mol. The van der Waals surface area contributed by atoms with E-state index in [1.54, 1.807) is 19.1 Å². The Morgan fingerprint density at radius 1 is 1.05 bits per heavy atom. The van der Waals surface area contributed by atoms with Crippen molar-refractivity contribution in [1.82, 2.24) is 0 Å². The lowest BCUT2D eigenvalue weighted by Gasteiger charge is -2.18. The van der Waals surface area contributed by atoms with Crippen LogP contribution in [-0.2, 0) is 6.11 Å². The van der Waals surface area contributed by atoms with E-state index in [0.29, 0.717) is 12.1 Å². The predicted octanol–water partition coefficient (Wildman–Crippen LogP) is 4.91. The Labute approximate surface area is 125 Å². The molecule has 0 saturated heterocycles. The molecular formula is C16H13F4NO. The second-order valence-corrected chi connectivity index (χ2v) is 4.36. The molecule has 0 heterocycles. The van der Waals surface area contributed by atoms with Crippen molar-refractivity contribution in [2.24, 2.45) is 0 Å². The highest BCUT2D eigenvalue weighted by molar-refractivity contribution is 5.37. The first-order valence-corrected chi connectivity index (χ1v) is 5.86. The molecule has 0 aliphatic heterocycles. The molecule has 22 heavy (non-hydrogen) atoms. The highest BCUT2D eigenvalue weighted by Crippen LogP contribution is 2.33. The van der Waals surface area contributed by atoms with E-state index in [1.807, 2.05) is 0 Å². The van der Waals surface area contributed by atoms with Crippen molar-refractivity contribution < 1.29 is 22.3 Å². The van der Waals surface area contributed by atoms with Gasteiger partial charge in [0.15, 0.2) is 0 Å². The smallest absolute Gasteiger partial charge is 0.426 e. The molecule has 0 aromatic heterocycles. The summed E-state index contributed by atoms with van der Waals surface area (Å²) in [7, 11) is 0. The molecule has 116 valence electrons. The van der Waals surface area contributed by atoms with E-state index >= 15 is 0 Å². The number of alkyl halides is 2. The van der Waals surface area contributed by atoms with Crippen LogP contribution in [0.5, 0.6) is 5.75 Å². The SMILES string of the molecule is C.Cc1ccc(OC(F)(F)c2cc(F)c(C#N)c(F)c2)cc1. The Morgan fingerprint density at radius 3 is 2.00 bits per heavy atom. The van der Waals surface area contributed by atoms with E-state index in [4.69, 9.17) is 5.26 Å². The zero-order valence-electron chi connectivity index (χ0n) is 10.8. The minimum atomic E-state index is -3.93. The van der Waals surface area contributed by atoms with Crippen LogP contribution in [-0.4, -0.2) is 0 Å². The largest absolute Gasteiger partial charge is 0.429 e. The summed E-state index contributed by atoms with van der Waals surface area (Å²) in [5.41, 5.74) is -1.07. The van der Waals surface area contributed by atoms with Gasteiger partial charge in [-0.05, 0) is 31.2 Å². The Kier molecular flexibility index (Phi) is 5.15. The van der Waals surface area contributed by atoms with Crippen molar-refractivity contribution >= 4 is 0 Å². The van der Waals surface area contributed by atoms with Gasteiger partial charge in [0.05, 0.1) is 5.56 Å². The predicted molar refractivity (Wildman–Crippen MR) is 73.5 cm³/mol. The molecule has 0 spiro atoms. The van der Waals surface area contributed by atoms with E-state index in [1.165, 1.54) is 18.2 Å². The molecule has 0 N–H and O–H groups in total. The molecule has 2 aromatic carbocycles. The summed E-state index contributed by atoms with van der Waals surface area (Å²) >= 11 is 0. The molecule has 0 aliphatic carbocycles. The number of aryl methyl sites for hydroxylation is 1. The molecule has 0 saturated carbocycles. The van der Waals surface area contributed by atoms with E-state index in [0.717, 1.165) is 5.56 Å². The summed E-state index contributed by atoms with van der Waals surface area (Å²) in [5, 5.41) is 8.51. The number of hydrogen-bond donors (Lipinski definition) is 0. The van der Waals surface area contributed by atoms with Gasteiger partial charge >= 0.3 is 6.11 Å². The lowest BCUT2D eigenvalue weighted by Crippen LogP contribution is -2.22. The van der Waals surface area contributed by atoms with Crippen molar-refractivity contribution in [2.45, 2.75) is 20.5 Å². The zero-order chi connectivity index (χ0) is 15.6. The van der Waals surface area contributed by atoms with Crippen LogP contribution in [0.4, 0.5) is 17.6 Å². The molecule has 0 atom stereocenters. The Hall–Kier alpha value is -2.55. The van der Waals surface area contributed by atoms with Gasteiger partial charge in [-0.25, -0.2) is 8.78 Å². The fourth-order valence-electron chi connectivity index (χ4n) is 1.66. The van der Waals surface area contributed by atoms with Gasteiger partial charge in [0.1, 0.15) is 29.0 Å². The minimum absolute atomic E-state index is 0. The van der Waals surface area contributed by atoms with Gasteiger partial charge in [0.2, 0.25) is 0 Å². The van der Waals surface area contributed by atoms with Gasteiger partial charge < -0.3 is 4.74 Å². The molecule has 0 aliphatic rings. The van der Waals surface area contributed by atoms with E-state index in [2.05, 4.69) is 4.74 Å². The first-order valence-electron chi connectivity index (χ1n) is 5.86. The van der Waals surface area contributed by atoms with Crippen molar-refractivity contribution in [1.29, 1.82) is 5.26 Å². The van der Waals surface area contributed by atoms with Crippen molar-refractivity contribution in [2.75, 3.05) is 0 Å². The Bertz CT molecular complexity index is 682. The van der Waals surface area contributed by atoms with Gasteiger partial charge in [0.25, 0.3) is 0 Å². The van der Waals surface area contributed by atoms with Crippen LogP contribution in [0.3, 0.4) is 0 Å². The molecule has 2 rings (SSSR count). The highest BCUT2D eigenvalue weighted by atomic mass is 19.3. The topological polar surface area (TPSA) is 33.0 Å². The number of rotatable bonds is 3. The van der Waals surface area contributed by atoms with Gasteiger partial charge in [-0.15, -0.1) is 0 Å². The maximum absolute atomic E-state index is 13.9. The number of halogens is 4. The van der Waals surface area contributed by atoms with Gasteiger partial charge in [-0.3, -0.25) is 0 Å². The number of hydrogen-bond acceptors (Lipinski definition) is 2.